The summed E-state index contributed by atoms with van der Waals surface area (Å²) in [5.41, 5.74) is 8.09. The van der Waals surface area contributed by atoms with Gasteiger partial charge in [-0.3, -0.25) is 0 Å². The third kappa shape index (κ3) is 3.25. The predicted molar refractivity (Wildman–Crippen MR) is 67.2 cm³/mol. The molecule has 0 saturated carbocycles. The molecule has 0 spiro atoms. The lowest BCUT2D eigenvalue weighted by molar-refractivity contribution is 0.809. The highest BCUT2D eigenvalue weighted by Crippen LogP contribution is 2.18. The first-order chi connectivity index (χ1) is 7.69. The Morgan fingerprint density at radius 2 is 2.00 bits per heavy atom. The Morgan fingerprint density at radius 3 is 2.44 bits per heavy atom. The summed E-state index contributed by atoms with van der Waals surface area (Å²) in [6.07, 6.45) is 0.558. The average Bonchev–Trinajstić information content (AvgIpc) is 2.30. The van der Waals surface area contributed by atoms with Crippen molar-refractivity contribution in [3.8, 4) is 6.07 Å². The van der Waals surface area contributed by atoms with E-state index in [-0.39, 0.29) is 6.04 Å². The van der Waals surface area contributed by atoms with Crippen LogP contribution in [0.5, 0.6) is 0 Å². The summed E-state index contributed by atoms with van der Waals surface area (Å²) >= 11 is 0. The molecule has 3 heteroatoms. The second-order valence-electron chi connectivity index (χ2n) is 3.87. The Hall–Kier alpha value is -1.53. The Balaban J connectivity index is 2.75. The summed E-state index contributed by atoms with van der Waals surface area (Å²) in [5, 5.41) is 8.58. The zero-order valence-corrected chi connectivity index (χ0v) is 9.98. The molecule has 86 valence electrons. The molecule has 0 unspecified atom stereocenters. The first-order valence-electron chi connectivity index (χ1n) is 5.66. The second-order valence-corrected chi connectivity index (χ2v) is 3.87. The predicted octanol–water partition coefficient (Wildman–Crippen LogP) is 2.45. The molecule has 0 aromatic heterocycles. The smallest absolute Gasteiger partial charge is 0.0640 e. The van der Waals surface area contributed by atoms with Crippen molar-refractivity contribution in [1.29, 1.82) is 5.26 Å². The minimum atomic E-state index is 0.0724. The highest BCUT2D eigenvalue weighted by atomic mass is 15.1. The molecule has 0 aliphatic rings. The molecule has 0 aliphatic heterocycles. The lowest BCUT2D eigenvalue weighted by Gasteiger charge is -2.22. The van der Waals surface area contributed by atoms with Crippen LogP contribution >= 0.6 is 0 Å². The fourth-order valence-electron chi connectivity index (χ4n) is 1.64. The molecule has 0 radical (unpaired) electrons. The molecular weight excluding hydrogens is 198 g/mol. The molecule has 1 atom stereocenters. The molecule has 16 heavy (non-hydrogen) atoms. The van der Waals surface area contributed by atoms with Crippen LogP contribution in [0.3, 0.4) is 0 Å². The van der Waals surface area contributed by atoms with Crippen molar-refractivity contribution < 1.29 is 0 Å². The third-order valence-corrected chi connectivity index (χ3v) is 2.66. The van der Waals surface area contributed by atoms with Crippen molar-refractivity contribution in [1.82, 2.24) is 0 Å². The van der Waals surface area contributed by atoms with E-state index in [4.69, 9.17) is 11.0 Å². The molecule has 3 nitrogen and oxygen atoms in total. The van der Waals surface area contributed by atoms with Crippen LogP contribution in [0.25, 0.3) is 0 Å². The van der Waals surface area contributed by atoms with Crippen molar-refractivity contribution in [2.24, 2.45) is 5.73 Å². The van der Waals surface area contributed by atoms with Gasteiger partial charge >= 0.3 is 0 Å². The van der Waals surface area contributed by atoms with E-state index in [9.17, 15) is 0 Å². The minimum absolute atomic E-state index is 0.0724. The number of nitrogens with two attached hydrogens (primary N) is 1. The van der Waals surface area contributed by atoms with Crippen LogP contribution in [0, 0.1) is 11.3 Å². The maximum atomic E-state index is 8.58. The second kappa shape index (κ2) is 6.14. The summed E-state index contributed by atoms with van der Waals surface area (Å²) in [4.78, 5) is 2.19. The maximum Gasteiger partial charge on any atom is 0.0640 e. The minimum Gasteiger partial charge on any atom is -0.371 e. The topological polar surface area (TPSA) is 53.0 Å². The fourth-order valence-corrected chi connectivity index (χ4v) is 1.64. The Morgan fingerprint density at radius 1 is 1.38 bits per heavy atom. The summed E-state index contributed by atoms with van der Waals surface area (Å²) in [6.45, 7) is 5.77. The SMILES string of the molecule is CCN(CCC#N)c1ccc([C@@H](C)N)cc1. The zero-order chi connectivity index (χ0) is 12.0. The molecule has 0 fully saturated rings. The summed E-state index contributed by atoms with van der Waals surface area (Å²) < 4.78 is 0. The van der Waals surface area contributed by atoms with Crippen LogP contribution in [0.15, 0.2) is 24.3 Å². The number of nitrogens with zero attached hydrogens (tertiary/aromatic N) is 2. The standard InChI is InChI=1S/C13H19N3/c1-3-16(10-4-9-14)13-7-5-12(6-8-13)11(2)15/h5-8,11H,3-4,10,15H2,1-2H3/t11-/m1/s1. The maximum absolute atomic E-state index is 8.58. The lowest BCUT2D eigenvalue weighted by atomic mass is 10.1. The van der Waals surface area contributed by atoms with E-state index >= 15 is 0 Å². The van der Waals surface area contributed by atoms with E-state index in [1.807, 2.05) is 6.92 Å². The van der Waals surface area contributed by atoms with Gasteiger partial charge in [-0.2, -0.15) is 5.26 Å². The largest absolute Gasteiger partial charge is 0.371 e. The summed E-state index contributed by atoms with van der Waals surface area (Å²) in [7, 11) is 0. The van der Waals surface area contributed by atoms with Crippen LogP contribution in [-0.2, 0) is 0 Å². The highest BCUT2D eigenvalue weighted by molar-refractivity contribution is 5.47. The number of benzene rings is 1. The Kier molecular flexibility index (Phi) is 4.81. The Labute approximate surface area is 97.5 Å². The number of hydrogen-bond acceptors (Lipinski definition) is 3. The van der Waals surface area contributed by atoms with Gasteiger partial charge in [0.2, 0.25) is 0 Å². The van der Waals surface area contributed by atoms with Crippen molar-refractivity contribution in [2.45, 2.75) is 26.3 Å². The van der Waals surface area contributed by atoms with E-state index in [0.717, 1.165) is 24.3 Å². The quantitative estimate of drug-likeness (QED) is 0.824. The summed E-state index contributed by atoms with van der Waals surface area (Å²) in [6, 6.07) is 10.5. The van der Waals surface area contributed by atoms with Gasteiger partial charge in [0.15, 0.2) is 0 Å². The molecule has 2 N–H and O–H groups in total. The van der Waals surface area contributed by atoms with Gasteiger partial charge in [0.05, 0.1) is 12.5 Å². The normalized spacial score (nSPS) is 11.9. The van der Waals surface area contributed by atoms with Crippen LogP contribution in [0.4, 0.5) is 5.69 Å². The van der Waals surface area contributed by atoms with Crippen LogP contribution in [-0.4, -0.2) is 13.1 Å². The van der Waals surface area contributed by atoms with E-state index in [1.54, 1.807) is 0 Å². The van der Waals surface area contributed by atoms with E-state index < -0.39 is 0 Å². The number of hydrogen-bond donors (Lipinski definition) is 1. The average molecular weight is 217 g/mol. The molecular formula is C13H19N3. The molecule has 0 aliphatic carbocycles. The van der Waals surface area contributed by atoms with Crippen LogP contribution < -0.4 is 10.6 Å². The molecule has 1 rings (SSSR count). The fraction of sp³-hybridized carbons (Fsp3) is 0.462. The van der Waals surface area contributed by atoms with Gasteiger partial charge in [-0.25, -0.2) is 0 Å². The van der Waals surface area contributed by atoms with Crippen molar-refractivity contribution in [3.63, 3.8) is 0 Å². The van der Waals surface area contributed by atoms with E-state index in [1.165, 1.54) is 0 Å². The summed E-state index contributed by atoms with van der Waals surface area (Å²) in [5.74, 6) is 0. The van der Waals surface area contributed by atoms with Gasteiger partial charge in [-0.15, -0.1) is 0 Å². The first-order valence-corrected chi connectivity index (χ1v) is 5.66. The number of rotatable bonds is 5. The first kappa shape index (κ1) is 12.5. The molecule has 0 heterocycles. The number of anilines is 1. The number of nitriles is 1. The van der Waals surface area contributed by atoms with Crippen molar-refractivity contribution in [3.05, 3.63) is 29.8 Å². The molecule has 1 aromatic carbocycles. The molecule has 0 amide bonds. The van der Waals surface area contributed by atoms with Gasteiger partial charge in [-0.1, -0.05) is 12.1 Å². The van der Waals surface area contributed by atoms with Crippen molar-refractivity contribution >= 4 is 5.69 Å². The van der Waals surface area contributed by atoms with Crippen molar-refractivity contribution in [2.75, 3.05) is 18.0 Å². The molecule has 0 bridgehead atoms. The third-order valence-electron chi connectivity index (χ3n) is 2.66. The van der Waals surface area contributed by atoms with E-state index in [2.05, 4.69) is 42.2 Å². The zero-order valence-electron chi connectivity index (χ0n) is 9.98. The van der Waals surface area contributed by atoms with Gasteiger partial charge in [-0.05, 0) is 31.5 Å². The molecule has 1 aromatic rings. The van der Waals surface area contributed by atoms with Gasteiger partial charge < -0.3 is 10.6 Å². The van der Waals surface area contributed by atoms with E-state index in [0.29, 0.717) is 6.42 Å². The highest BCUT2D eigenvalue weighted by Gasteiger charge is 2.04. The Bertz CT molecular complexity index is 348. The lowest BCUT2D eigenvalue weighted by Crippen LogP contribution is -2.23. The van der Waals surface area contributed by atoms with Crippen LogP contribution in [0.1, 0.15) is 31.9 Å². The van der Waals surface area contributed by atoms with Crippen LogP contribution in [0.2, 0.25) is 0 Å². The molecule has 0 saturated heterocycles. The van der Waals surface area contributed by atoms with Gasteiger partial charge in [0.1, 0.15) is 0 Å². The monoisotopic (exact) mass is 217 g/mol. The van der Waals surface area contributed by atoms with Gasteiger partial charge in [0, 0.05) is 24.8 Å². The van der Waals surface area contributed by atoms with Gasteiger partial charge in [0.25, 0.3) is 0 Å².